The van der Waals surface area contributed by atoms with Crippen LogP contribution in [0.5, 0.6) is 0 Å². The van der Waals surface area contributed by atoms with Gasteiger partial charge in [-0.15, -0.1) is 0 Å². The van der Waals surface area contributed by atoms with Gasteiger partial charge in [-0.3, -0.25) is 0 Å². The molecule has 0 saturated heterocycles. The summed E-state index contributed by atoms with van der Waals surface area (Å²) in [5.74, 6) is 0. The second-order valence-corrected chi connectivity index (χ2v) is 2.93. The van der Waals surface area contributed by atoms with E-state index in [1.807, 2.05) is 32.0 Å². The fourth-order valence-corrected chi connectivity index (χ4v) is 1.13. The van der Waals surface area contributed by atoms with Crippen LogP contribution < -0.4 is 0 Å². The Morgan fingerprint density at radius 2 is 2.00 bits per heavy atom. The molecule has 0 fully saturated rings. The highest BCUT2D eigenvalue weighted by atomic mass is 16.5. The predicted octanol–water partition coefficient (Wildman–Crippen LogP) is 3.12. The number of rotatable bonds is 4. The Labute approximate surface area is 80.0 Å². The topological polar surface area (TPSA) is 9.23 Å². The van der Waals surface area contributed by atoms with E-state index in [1.165, 1.54) is 5.56 Å². The van der Waals surface area contributed by atoms with Crippen molar-refractivity contribution in [3.63, 3.8) is 0 Å². The van der Waals surface area contributed by atoms with Gasteiger partial charge in [-0.05, 0) is 19.4 Å². The maximum Gasteiger partial charge on any atom is 0.0730 e. The van der Waals surface area contributed by atoms with Gasteiger partial charge in [0.15, 0.2) is 0 Å². The van der Waals surface area contributed by atoms with Crippen LogP contribution in [-0.2, 0) is 4.74 Å². The zero-order valence-electron chi connectivity index (χ0n) is 8.23. The van der Waals surface area contributed by atoms with Crippen LogP contribution in [0.15, 0.2) is 36.4 Å². The van der Waals surface area contributed by atoms with Gasteiger partial charge in [-0.25, -0.2) is 0 Å². The quantitative estimate of drug-likeness (QED) is 0.685. The molecule has 1 nitrogen and oxygen atoms in total. The van der Waals surface area contributed by atoms with E-state index in [0.717, 1.165) is 6.61 Å². The SMILES string of the molecule is CCO[C@@H](C)/C=C/c1ccccc1. The van der Waals surface area contributed by atoms with Gasteiger partial charge in [0.25, 0.3) is 0 Å². The molecule has 1 atom stereocenters. The second-order valence-electron chi connectivity index (χ2n) is 2.93. The molecule has 0 aliphatic heterocycles. The molecule has 1 aromatic rings. The molecule has 0 aliphatic carbocycles. The molecular formula is C12H16O. The van der Waals surface area contributed by atoms with Crippen molar-refractivity contribution >= 4 is 6.08 Å². The molecule has 0 spiro atoms. The van der Waals surface area contributed by atoms with Crippen LogP contribution in [0, 0.1) is 0 Å². The van der Waals surface area contributed by atoms with Crippen molar-refractivity contribution in [2.24, 2.45) is 0 Å². The Balaban J connectivity index is 2.49. The third-order valence-electron chi connectivity index (χ3n) is 1.79. The number of ether oxygens (including phenoxy) is 1. The summed E-state index contributed by atoms with van der Waals surface area (Å²) in [7, 11) is 0. The molecule has 0 amide bonds. The zero-order chi connectivity index (χ0) is 9.52. The molecule has 1 rings (SSSR count). The minimum atomic E-state index is 0.199. The van der Waals surface area contributed by atoms with Crippen LogP contribution in [0.3, 0.4) is 0 Å². The summed E-state index contributed by atoms with van der Waals surface area (Å²) in [5, 5.41) is 0. The van der Waals surface area contributed by atoms with Crippen LogP contribution in [0.1, 0.15) is 19.4 Å². The highest BCUT2D eigenvalue weighted by Crippen LogP contribution is 2.03. The van der Waals surface area contributed by atoms with Crippen molar-refractivity contribution in [2.75, 3.05) is 6.61 Å². The van der Waals surface area contributed by atoms with Gasteiger partial charge in [0.1, 0.15) is 0 Å². The van der Waals surface area contributed by atoms with Crippen molar-refractivity contribution in [3.05, 3.63) is 42.0 Å². The summed E-state index contributed by atoms with van der Waals surface area (Å²) in [5.41, 5.74) is 1.22. The van der Waals surface area contributed by atoms with Crippen molar-refractivity contribution in [1.29, 1.82) is 0 Å². The number of hydrogen-bond acceptors (Lipinski definition) is 1. The first-order chi connectivity index (χ1) is 6.33. The minimum absolute atomic E-state index is 0.199. The van der Waals surface area contributed by atoms with Gasteiger partial charge < -0.3 is 4.74 Å². The van der Waals surface area contributed by atoms with Crippen molar-refractivity contribution in [3.8, 4) is 0 Å². The van der Waals surface area contributed by atoms with Gasteiger partial charge in [-0.2, -0.15) is 0 Å². The summed E-state index contributed by atoms with van der Waals surface area (Å²) >= 11 is 0. The molecule has 0 aromatic heterocycles. The van der Waals surface area contributed by atoms with E-state index in [2.05, 4.69) is 24.3 Å². The van der Waals surface area contributed by atoms with Crippen LogP contribution in [0.2, 0.25) is 0 Å². The van der Waals surface area contributed by atoms with Crippen molar-refractivity contribution < 1.29 is 4.74 Å². The predicted molar refractivity (Wildman–Crippen MR) is 56.6 cm³/mol. The molecule has 70 valence electrons. The lowest BCUT2D eigenvalue weighted by Gasteiger charge is -2.04. The monoisotopic (exact) mass is 176 g/mol. The maximum absolute atomic E-state index is 5.38. The van der Waals surface area contributed by atoms with Crippen LogP contribution in [0.4, 0.5) is 0 Å². The molecule has 0 heterocycles. The van der Waals surface area contributed by atoms with Crippen LogP contribution in [0.25, 0.3) is 6.08 Å². The van der Waals surface area contributed by atoms with E-state index in [4.69, 9.17) is 4.74 Å². The van der Waals surface area contributed by atoms with E-state index < -0.39 is 0 Å². The molecule has 0 radical (unpaired) electrons. The summed E-state index contributed by atoms with van der Waals surface area (Å²) in [4.78, 5) is 0. The lowest BCUT2D eigenvalue weighted by molar-refractivity contribution is 0.110. The lowest BCUT2D eigenvalue weighted by atomic mass is 10.2. The Morgan fingerprint density at radius 3 is 2.62 bits per heavy atom. The molecule has 0 unspecified atom stereocenters. The second kappa shape index (κ2) is 5.55. The third kappa shape index (κ3) is 3.90. The van der Waals surface area contributed by atoms with Gasteiger partial charge in [0.2, 0.25) is 0 Å². The molecule has 0 aliphatic rings. The molecule has 0 N–H and O–H groups in total. The van der Waals surface area contributed by atoms with Crippen LogP contribution >= 0.6 is 0 Å². The Morgan fingerprint density at radius 1 is 1.31 bits per heavy atom. The highest BCUT2D eigenvalue weighted by molar-refractivity contribution is 5.49. The Hall–Kier alpha value is -1.08. The summed E-state index contributed by atoms with van der Waals surface area (Å²) in [6.45, 7) is 4.82. The molecule has 0 saturated carbocycles. The zero-order valence-corrected chi connectivity index (χ0v) is 8.23. The third-order valence-corrected chi connectivity index (χ3v) is 1.79. The van der Waals surface area contributed by atoms with E-state index in [0.29, 0.717) is 0 Å². The average Bonchev–Trinajstić information content (AvgIpc) is 2.17. The fourth-order valence-electron chi connectivity index (χ4n) is 1.13. The average molecular weight is 176 g/mol. The van der Waals surface area contributed by atoms with Crippen molar-refractivity contribution in [2.45, 2.75) is 20.0 Å². The van der Waals surface area contributed by atoms with Gasteiger partial charge in [0, 0.05) is 6.61 Å². The molecule has 13 heavy (non-hydrogen) atoms. The lowest BCUT2D eigenvalue weighted by Crippen LogP contribution is -2.02. The molecular weight excluding hydrogens is 160 g/mol. The summed E-state index contributed by atoms with van der Waals surface area (Å²) < 4.78 is 5.38. The van der Waals surface area contributed by atoms with Crippen LogP contribution in [-0.4, -0.2) is 12.7 Å². The smallest absolute Gasteiger partial charge is 0.0730 e. The molecule has 1 heteroatoms. The van der Waals surface area contributed by atoms with E-state index >= 15 is 0 Å². The van der Waals surface area contributed by atoms with Gasteiger partial charge in [0.05, 0.1) is 6.10 Å². The summed E-state index contributed by atoms with van der Waals surface area (Å²) in [6.07, 6.45) is 4.35. The van der Waals surface area contributed by atoms with E-state index in [9.17, 15) is 0 Å². The Bertz CT molecular complexity index is 251. The molecule has 1 aromatic carbocycles. The summed E-state index contributed by atoms with van der Waals surface area (Å²) in [6, 6.07) is 10.2. The minimum Gasteiger partial charge on any atom is -0.375 e. The highest BCUT2D eigenvalue weighted by Gasteiger charge is 1.92. The normalized spacial score (nSPS) is 13.4. The van der Waals surface area contributed by atoms with Gasteiger partial charge >= 0.3 is 0 Å². The standard InChI is InChI=1S/C12H16O/c1-3-13-11(2)9-10-12-7-5-4-6-8-12/h4-11H,3H2,1-2H3/b10-9+/t11-/m0/s1. The Kier molecular flexibility index (Phi) is 4.27. The number of hydrogen-bond donors (Lipinski definition) is 0. The first-order valence-electron chi connectivity index (χ1n) is 4.67. The van der Waals surface area contributed by atoms with Gasteiger partial charge in [-0.1, -0.05) is 42.5 Å². The van der Waals surface area contributed by atoms with E-state index in [1.54, 1.807) is 0 Å². The fraction of sp³-hybridized carbons (Fsp3) is 0.333. The van der Waals surface area contributed by atoms with E-state index in [-0.39, 0.29) is 6.10 Å². The maximum atomic E-state index is 5.38. The number of benzene rings is 1. The van der Waals surface area contributed by atoms with Crippen molar-refractivity contribution in [1.82, 2.24) is 0 Å². The first-order valence-corrected chi connectivity index (χ1v) is 4.67. The first kappa shape index (κ1) is 10.0. The largest absolute Gasteiger partial charge is 0.375 e. The molecule has 0 bridgehead atoms.